The van der Waals surface area contributed by atoms with E-state index in [4.69, 9.17) is 23.2 Å². The summed E-state index contributed by atoms with van der Waals surface area (Å²) >= 11 is 13.2. The number of carbonyl (C=O) groups excluding carboxylic acids is 1. The van der Waals surface area contributed by atoms with Gasteiger partial charge >= 0.3 is 0 Å². The molecular formula is C15H15Cl2N3OS. The Bertz CT molecular complexity index is 683. The van der Waals surface area contributed by atoms with Gasteiger partial charge in [-0.05, 0) is 31.0 Å². The van der Waals surface area contributed by atoms with Crippen LogP contribution in [0, 0.1) is 0 Å². The van der Waals surface area contributed by atoms with Gasteiger partial charge in [0.2, 0.25) is 5.13 Å². The van der Waals surface area contributed by atoms with Crippen molar-refractivity contribution in [1.82, 2.24) is 10.2 Å². The van der Waals surface area contributed by atoms with E-state index in [1.54, 1.807) is 18.2 Å². The fourth-order valence-corrected chi connectivity index (χ4v) is 3.81. The maximum Gasteiger partial charge on any atom is 0.257 e. The van der Waals surface area contributed by atoms with Gasteiger partial charge in [0.1, 0.15) is 5.01 Å². The number of hydrogen-bond acceptors (Lipinski definition) is 4. The first-order valence-corrected chi connectivity index (χ1v) is 8.80. The summed E-state index contributed by atoms with van der Waals surface area (Å²) in [6, 6.07) is 4.78. The summed E-state index contributed by atoms with van der Waals surface area (Å²) in [5, 5.41) is 13.4. The third-order valence-electron chi connectivity index (χ3n) is 3.80. The van der Waals surface area contributed by atoms with Crippen LogP contribution in [0.5, 0.6) is 0 Å². The molecule has 1 aromatic heterocycles. The topological polar surface area (TPSA) is 54.9 Å². The third-order valence-corrected chi connectivity index (χ3v) is 5.54. The van der Waals surface area contributed by atoms with E-state index in [1.165, 1.54) is 30.6 Å². The molecule has 22 heavy (non-hydrogen) atoms. The van der Waals surface area contributed by atoms with Crippen LogP contribution in [0.2, 0.25) is 10.0 Å². The lowest BCUT2D eigenvalue weighted by atomic mass is 9.90. The minimum atomic E-state index is -0.259. The maximum absolute atomic E-state index is 12.2. The Balaban J connectivity index is 1.68. The minimum Gasteiger partial charge on any atom is -0.296 e. The van der Waals surface area contributed by atoms with Crippen LogP contribution < -0.4 is 5.32 Å². The number of nitrogens with zero attached hydrogens (tertiary/aromatic N) is 2. The first-order valence-electron chi connectivity index (χ1n) is 7.23. The van der Waals surface area contributed by atoms with Gasteiger partial charge in [0.25, 0.3) is 5.91 Å². The van der Waals surface area contributed by atoms with Gasteiger partial charge in [-0.2, -0.15) is 0 Å². The van der Waals surface area contributed by atoms with Crippen LogP contribution in [0.1, 0.15) is 53.4 Å². The number of hydrogen-bond donors (Lipinski definition) is 1. The molecule has 0 spiro atoms. The van der Waals surface area contributed by atoms with E-state index in [9.17, 15) is 4.79 Å². The highest BCUT2D eigenvalue weighted by molar-refractivity contribution is 7.15. The molecule has 1 aromatic carbocycles. The second-order valence-corrected chi connectivity index (χ2v) is 7.19. The second-order valence-electron chi connectivity index (χ2n) is 5.36. The summed E-state index contributed by atoms with van der Waals surface area (Å²) in [6.45, 7) is 0. The van der Waals surface area contributed by atoms with Gasteiger partial charge in [-0.25, -0.2) is 0 Å². The van der Waals surface area contributed by atoms with Crippen molar-refractivity contribution in [3.05, 3.63) is 38.8 Å². The van der Waals surface area contributed by atoms with E-state index in [2.05, 4.69) is 15.5 Å². The molecule has 0 bridgehead atoms. The zero-order valence-corrected chi connectivity index (χ0v) is 14.1. The monoisotopic (exact) mass is 355 g/mol. The predicted octanol–water partition coefficient (Wildman–Crippen LogP) is 5.14. The summed E-state index contributed by atoms with van der Waals surface area (Å²) in [5.41, 5.74) is 0.448. The molecule has 0 radical (unpaired) electrons. The SMILES string of the molecule is O=C(Nc1nnc(C2CCCCC2)s1)c1ccc(Cl)c(Cl)c1. The first-order chi connectivity index (χ1) is 10.6. The van der Waals surface area contributed by atoms with Gasteiger partial charge in [-0.3, -0.25) is 10.1 Å². The molecule has 1 N–H and O–H groups in total. The van der Waals surface area contributed by atoms with Gasteiger partial charge in [0.05, 0.1) is 10.0 Å². The predicted molar refractivity (Wildman–Crippen MR) is 90.2 cm³/mol. The Morgan fingerprint density at radius 1 is 1.14 bits per heavy atom. The van der Waals surface area contributed by atoms with Gasteiger partial charge in [0.15, 0.2) is 0 Å². The molecule has 1 fully saturated rings. The number of benzene rings is 1. The van der Waals surface area contributed by atoms with Crippen molar-refractivity contribution in [2.24, 2.45) is 0 Å². The normalized spacial score (nSPS) is 15.7. The van der Waals surface area contributed by atoms with Gasteiger partial charge in [0, 0.05) is 11.5 Å². The van der Waals surface area contributed by atoms with Crippen LogP contribution >= 0.6 is 34.5 Å². The van der Waals surface area contributed by atoms with Crippen LogP contribution in [0.3, 0.4) is 0 Å². The smallest absolute Gasteiger partial charge is 0.257 e. The molecule has 0 atom stereocenters. The molecule has 1 saturated carbocycles. The highest BCUT2D eigenvalue weighted by atomic mass is 35.5. The number of anilines is 1. The highest BCUT2D eigenvalue weighted by Crippen LogP contribution is 2.35. The minimum absolute atomic E-state index is 0.259. The zero-order valence-electron chi connectivity index (χ0n) is 11.8. The van der Waals surface area contributed by atoms with Crippen LogP contribution in [-0.2, 0) is 0 Å². The van der Waals surface area contributed by atoms with Crippen molar-refractivity contribution in [3.8, 4) is 0 Å². The molecule has 0 unspecified atom stereocenters. The molecule has 116 valence electrons. The van der Waals surface area contributed by atoms with E-state index < -0.39 is 0 Å². The molecule has 0 saturated heterocycles. The molecule has 3 rings (SSSR count). The number of rotatable bonds is 3. The molecule has 1 heterocycles. The van der Waals surface area contributed by atoms with Crippen molar-refractivity contribution in [2.75, 3.05) is 5.32 Å². The summed E-state index contributed by atoms with van der Waals surface area (Å²) in [7, 11) is 0. The highest BCUT2D eigenvalue weighted by Gasteiger charge is 2.20. The Kier molecular flexibility index (Phi) is 4.96. The molecule has 0 aliphatic heterocycles. The Morgan fingerprint density at radius 3 is 2.64 bits per heavy atom. The average Bonchev–Trinajstić information content (AvgIpc) is 2.99. The summed E-state index contributed by atoms with van der Waals surface area (Å²) in [5.74, 6) is 0.229. The summed E-state index contributed by atoms with van der Waals surface area (Å²) in [6.07, 6.45) is 6.12. The van der Waals surface area contributed by atoms with Crippen LogP contribution in [0.25, 0.3) is 0 Å². The summed E-state index contributed by atoms with van der Waals surface area (Å²) in [4.78, 5) is 12.2. The van der Waals surface area contributed by atoms with Crippen molar-refractivity contribution in [2.45, 2.75) is 38.0 Å². The molecule has 4 nitrogen and oxygen atoms in total. The Hall–Kier alpha value is -1.17. The number of halogens is 2. The number of nitrogens with one attached hydrogen (secondary N) is 1. The van der Waals surface area contributed by atoms with E-state index in [0.717, 1.165) is 17.8 Å². The van der Waals surface area contributed by atoms with Crippen molar-refractivity contribution >= 4 is 45.6 Å². The average molecular weight is 356 g/mol. The number of amides is 1. The fourth-order valence-electron chi connectivity index (χ4n) is 2.61. The fraction of sp³-hybridized carbons (Fsp3) is 0.400. The van der Waals surface area contributed by atoms with Crippen LogP contribution in [0.15, 0.2) is 18.2 Å². The third kappa shape index (κ3) is 3.59. The van der Waals surface area contributed by atoms with E-state index >= 15 is 0 Å². The van der Waals surface area contributed by atoms with E-state index in [0.29, 0.717) is 26.7 Å². The molecule has 1 amide bonds. The zero-order chi connectivity index (χ0) is 15.5. The van der Waals surface area contributed by atoms with Gasteiger partial charge in [-0.15, -0.1) is 10.2 Å². The molecule has 1 aliphatic carbocycles. The van der Waals surface area contributed by atoms with Crippen molar-refractivity contribution in [1.29, 1.82) is 0 Å². The second kappa shape index (κ2) is 6.94. The summed E-state index contributed by atoms with van der Waals surface area (Å²) < 4.78 is 0. The Labute approximate surface area is 142 Å². The van der Waals surface area contributed by atoms with Crippen molar-refractivity contribution in [3.63, 3.8) is 0 Å². The Morgan fingerprint density at radius 2 is 1.91 bits per heavy atom. The van der Waals surface area contributed by atoms with Crippen molar-refractivity contribution < 1.29 is 4.79 Å². The van der Waals surface area contributed by atoms with E-state index in [1.807, 2.05) is 0 Å². The largest absolute Gasteiger partial charge is 0.296 e. The number of aromatic nitrogens is 2. The quantitative estimate of drug-likeness (QED) is 0.828. The first kappa shape index (κ1) is 15.7. The van der Waals surface area contributed by atoms with Gasteiger partial charge < -0.3 is 0 Å². The lowest BCUT2D eigenvalue weighted by molar-refractivity contribution is 0.102. The lowest BCUT2D eigenvalue weighted by Gasteiger charge is -2.18. The standard InChI is InChI=1S/C15H15Cl2N3OS/c16-11-7-6-10(8-12(11)17)13(21)18-15-20-19-14(22-15)9-4-2-1-3-5-9/h6-9H,1-5H2,(H,18,20,21). The van der Waals surface area contributed by atoms with Crippen LogP contribution in [-0.4, -0.2) is 16.1 Å². The molecule has 2 aromatic rings. The molecule has 1 aliphatic rings. The van der Waals surface area contributed by atoms with Crippen LogP contribution in [0.4, 0.5) is 5.13 Å². The number of carbonyl (C=O) groups is 1. The van der Waals surface area contributed by atoms with Gasteiger partial charge in [-0.1, -0.05) is 53.8 Å². The van der Waals surface area contributed by atoms with E-state index in [-0.39, 0.29) is 5.91 Å². The maximum atomic E-state index is 12.2. The molecular weight excluding hydrogens is 341 g/mol. The molecule has 7 heteroatoms. The lowest BCUT2D eigenvalue weighted by Crippen LogP contribution is -2.11.